The lowest BCUT2D eigenvalue weighted by Crippen LogP contribution is -2.07. The minimum atomic E-state index is -0.457. The second-order valence-corrected chi connectivity index (χ2v) is 4.54. The second-order valence-electron chi connectivity index (χ2n) is 3.63. The fourth-order valence-electron chi connectivity index (χ4n) is 1.52. The van der Waals surface area contributed by atoms with Gasteiger partial charge in [-0.05, 0) is 47.1 Å². The molecule has 2 rings (SSSR count). The summed E-state index contributed by atoms with van der Waals surface area (Å²) < 4.78 is 7.34. The van der Waals surface area contributed by atoms with Crippen LogP contribution in [-0.2, 0) is 4.74 Å². The predicted octanol–water partition coefficient (Wildman–Crippen LogP) is 2.85. The van der Waals surface area contributed by atoms with Crippen LogP contribution in [0.3, 0.4) is 0 Å². The Balaban J connectivity index is 2.42. The van der Waals surface area contributed by atoms with Crippen LogP contribution in [0.25, 0.3) is 11.9 Å². The lowest BCUT2D eigenvalue weighted by Gasteiger charge is -2.02. The van der Waals surface area contributed by atoms with E-state index in [1.165, 1.54) is 0 Å². The van der Waals surface area contributed by atoms with Gasteiger partial charge in [-0.3, -0.25) is 0 Å². The summed E-state index contributed by atoms with van der Waals surface area (Å²) in [7, 11) is 0. The third-order valence-electron chi connectivity index (χ3n) is 2.36. The molecule has 0 aromatic carbocycles. The number of hydrogen-bond acceptors (Lipinski definition) is 4. The molecule has 98 valence electrons. The number of ether oxygens (including phenoxy) is 1. The van der Waals surface area contributed by atoms with Crippen LogP contribution in [0.2, 0.25) is 0 Å². The van der Waals surface area contributed by atoms with E-state index in [0.29, 0.717) is 18.1 Å². The van der Waals surface area contributed by atoms with Crippen LogP contribution < -0.4 is 0 Å². The van der Waals surface area contributed by atoms with Crippen molar-refractivity contribution >= 4 is 28.0 Å². The monoisotopic (exact) mass is 321 g/mol. The third-order valence-corrected chi connectivity index (χ3v) is 2.83. The first-order valence-corrected chi connectivity index (χ1v) is 6.46. The molecule has 0 aliphatic heterocycles. The number of pyridine rings is 1. The molecular weight excluding hydrogens is 310 g/mol. The van der Waals surface area contributed by atoms with Crippen molar-refractivity contribution in [2.45, 2.75) is 6.92 Å². The standard InChI is InChI=1S/C13H12BrN3O2/c1-3-10-7-11(13(18)19-4-2)16-17(10)12-6-5-9(14)8-15-12/h3,5-8H,1,4H2,2H3. The van der Waals surface area contributed by atoms with E-state index in [0.717, 1.165) is 4.47 Å². The van der Waals surface area contributed by atoms with Gasteiger partial charge in [0.1, 0.15) is 0 Å². The number of nitrogens with zero attached hydrogens (tertiary/aromatic N) is 3. The highest BCUT2D eigenvalue weighted by Crippen LogP contribution is 2.15. The summed E-state index contributed by atoms with van der Waals surface area (Å²) >= 11 is 3.32. The Morgan fingerprint density at radius 3 is 2.95 bits per heavy atom. The largest absolute Gasteiger partial charge is 0.461 e. The molecule has 0 aliphatic carbocycles. The highest BCUT2D eigenvalue weighted by Gasteiger charge is 2.15. The molecule has 0 bridgehead atoms. The molecule has 2 aromatic heterocycles. The molecule has 0 unspecified atom stereocenters. The molecule has 2 aromatic rings. The lowest BCUT2D eigenvalue weighted by atomic mass is 10.3. The van der Waals surface area contributed by atoms with E-state index in [4.69, 9.17) is 4.74 Å². The summed E-state index contributed by atoms with van der Waals surface area (Å²) in [5.41, 5.74) is 0.916. The van der Waals surface area contributed by atoms with Gasteiger partial charge in [0.2, 0.25) is 0 Å². The average Bonchev–Trinajstić information content (AvgIpc) is 2.84. The maximum absolute atomic E-state index is 11.7. The van der Waals surface area contributed by atoms with Crippen molar-refractivity contribution < 1.29 is 9.53 Å². The zero-order valence-electron chi connectivity index (χ0n) is 10.3. The van der Waals surface area contributed by atoms with E-state index < -0.39 is 5.97 Å². The Morgan fingerprint density at radius 2 is 2.37 bits per heavy atom. The number of hydrogen-bond donors (Lipinski definition) is 0. The van der Waals surface area contributed by atoms with Crippen LogP contribution in [0.1, 0.15) is 23.1 Å². The quantitative estimate of drug-likeness (QED) is 0.812. The van der Waals surface area contributed by atoms with Crippen molar-refractivity contribution in [2.75, 3.05) is 6.61 Å². The van der Waals surface area contributed by atoms with E-state index in [9.17, 15) is 4.79 Å². The van der Waals surface area contributed by atoms with Gasteiger partial charge in [0.15, 0.2) is 11.5 Å². The predicted molar refractivity (Wildman–Crippen MR) is 75.1 cm³/mol. The van der Waals surface area contributed by atoms with Gasteiger partial charge in [-0.1, -0.05) is 6.58 Å². The summed E-state index contributed by atoms with van der Waals surface area (Å²) in [6.07, 6.45) is 3.27. The first-order valence-electron chi connectivity index (χ1n) is 5.67. The summed E-state index contributed by atoms with van der Waals surface area (Å²) in [4.78, 5) is 15.9. The van der Waals surface area contributed by atoms with Crippen LogP contribution in [0, 0.1) is 0 Å². The summed E-state index contributed by atoms with van der Waals surface area (Å²) in [5, 5.41) is 4.19. The first-order chi connectivity index (χ1) is 9.15. The molecule has 0 N–H and O–H groups in total. The van der Waals surface area contributed by atoms with Crippen LogP contribution in [0.15, 0.2) is 35.4 Å². The van der Waals surface area contributed by atoms with Gasteiger partial charge in [0.25, 0.3) is 0 Å². The van der Waals surface area contributed by atoms with E-state index in [1.54, 1.807) is 36.0 Å². The molecule has 6 heteroatoms. The lowest BCUT2D eigenvalue weighted by molar-refractivity contribution is 0.0519. The average molecular weight is 322 g/mol. The van der Waals surface area contributed by atoms with Crippen molar-refractivity contribution in [3.05, 3.63) is 46.8 Å². The van der Waals surface area contributed by atoms with Crippen LogP contribution in [0.5, 0.6) is 0 Å². The highest BCUT2D eigenvalue weighted by molar-refractivity contribution is 9.10. The number of rotatable bonds is 4. The zero-order chi connectivity index (χ0) is 13.8. The van der Waals surface area contributed by atoms with Crippen molar-refractivity contribution in [2.24, 2.45) is 0 Å². The van der Waals surface area contributed by atoms with Crippen molar-refractivity contribution in [1.29, 1.82) is 0 Å². The first kappa shape index (κ1) is 13.5. The molecule has 0 spiro atoms. The minimum Gasteiger partial charge on any atom is -0.461 e. The normalized spacial score (nSPS) is 10.2. The molecule has 0 saturated carbocycles. The van der Waals surface area contributed by atoms with Gasteiger partial charge in [-0.15, -0.1) is 0 Å². The Morgan fingerprint density at radius 1 is 1.58 bits per heavy atom. The maximum atomic E-state index is 11.7. The van der Waals surface area contributed by atoms with E-state index in [1.807, 2.05) is 6.07 Å². The molecule has 0 atom stereocenters. The molecule has 5 nitrogen and oxygen atoms in total. The molecule has 0 radical (unpaired) electrons. The molecule has 0 aliphatic rings. The molecule has 0 fully saturated rings. The van der Waals surface area contributed by atoms with E-state index >= 15 is 0 Å². The topological polar surface area (TPSA) is 57.0 Å². The van der Waals surface area contributed by atoms with Gasteiger partial charge >= 0.3 is 5.97 Å². The smallest absolute Gasteiger partial charge is 0.358 e. The third kappa shape index (κ3) is 2.90. The SMILES string of the molecule is C=Cc1cc(C(=O)OCC)nn1-c1ccc(Br)cn1. The number of carbonyl (C=O) groups excluding carboxylic acids is 1. The molecule has 19 heavy (non-hydrogen) atoms. The Bertz CT molecular complexity index is 605. The molecule has 2 heterocycles. The van der Waals surface area contributed by atoms with Crippen molar-refractivity contribution in [3.8, 4) is 5.82 Å². The van der Waals surface area contributed by atoms with E-state index in [-0.39, 0.29) is 5.69 Å². The second kappa shape index (κ2) is 5.79. The molecular formula is C13H12BrN3O2. The fraction of sp³-hybridized carbons (Fsp3) is 0.154. The number of halogens is 1. The Kier molecular flexibility index (Phi) is 4.11. The van der Waals surface area contributed by atoms with Crippen molar-refractivity contribution in [3.63, 3.8) is 0 Å². The van der Waals surface area contributed by atoms with Gasteiger partial charge < -0.3 is 4.74 Å². The van der Waals surface area contributed by atoms with Gasteiger partial charge in [-0.2, -0.15) is 5.10 Å². The van der Waals surface area contributed by atoms with Gasteiger partial charge in [0, 0.05) is 10.7 Å². The summed E-state index contributed by atoms with van der Waals surface area (Å²) in [5.74, 6) is 0.148. The maximum Gasteiger partial charge on any atom is 0.358 e. The van der Waals surface area contributed by atoms with Crippen LogP contribution in [0.4, 0.5) is 0 Å². The summed E-state index contributed by atoms with van der Waals surface area (Å²) in [6, 6.07) is 5.26. The van der Waals surface area contributed by atoms with E-state index in [2.05, 4.69) is 32.6 Å². The van der Waals surface area contributed by atoms with Crippen LogP contribution in [-0.4, -0.2) is 27.3 Å². The van der Waals surface area contributed by atoms with Crippen molar-refractivity contribution in [1.82, 2.24) is 14.8 Å². The zero-order valence-corrected chi connectivity index (χ0v) is 11.9. The number of esters is 1. The highest BCUT2D eigenvalue weighted by atomic mass is 79.9. The molecule has 0 saturated heterocycles. The molecule has 0 amide bonds. The fourth-order valence-corrected chi connectivity index (χ4v) is 1.76. The van der Waals surface area contributed by atoms with Crippen LogP contribution >= 0.6 is 15.9 Å². The Labute approximate surface area is 119 Å². The Hall–Kier alpha value is -1.95. The number of carbonyl (C=O) groups is 1. The number of aromatic nitrogens is 3. The minimum absolute atomic E-state index is 0.237. The van der Waals surface area contributed by atoms with Gasteiger partial charge in [0.05, 0.1) is 12.3 Å². The van der Waals surface area contributed by atoms with Gasteiger partial charge in [-0.25, -0.2) is 14.5 Å². The summed E-state index contributed by atoms with van der Waals surface area (Å²) in [6.45, 7) is 5.76.